The summed E-state index contributed by atoms with van der Waals surface area (Å²) in [5, 5.41) is 9.10. The van der Waals surface area contributed by atoms with Gasteiger partial charge in [-0.2, -0.15) is 0 Å². The molecule has 5 nitrogen and oxygen atoms in total. The van der Waals surface area contributed by atoms with E-state index in [1.165, 1.54) is 0 Å². The Balaban J connectivity index is 2.30. The number of carboxylic acid groups (broad SMARTS) is 1. The fourth-order valence-electron chi connectivity index (χ4n) is 2.61. The number of carboxylic acids is 1. The van der Waals surface area contributed by atoms with Crippen LogP contribution in [-0.2, 0) is 0 Å². The number of benzene rings is 2. The summed E-state index contributed by atoms with van der Waals surface area (Å²) >= 11 is 0. The summed E-state index contributed by atoms with van der Waals surface area (Å²) in [6.45, 7) is 3.90. The minimum atomic E-state index is -0.956. The van der Waals surface area contributed by atoms with E-state index in [2.05, 4.69) is 4.98 Å². The quantitative estimate of drug-likeness (QED) is 0.805. The first-order valence-electron chi connectivity index (χ1n) is 6.88. The van der Waals surface area contributed by atoms with Crippen LogP contribution in [0.25, 0.3) is 16.7 Å². The van der Waals surface area contributed by atoms with E-state index >= 15 is 0 Å². The monoisotopic (exact) mass is 296 g/mol. The Morgan fingerprint density at radius 2 is 1.95 bits per heavy atom. The van der Waals surface area contributed by atoms with Crippen LogP contribution >= 0.6 is 0 Å². The van der Waals surface area contributed by atoms with Gasteiger partial charge >= 0.3 is 5.97 Å². The van der Waals surface area contributed by atoms with Crippen LogP contribution in [0.5, 0.6) is 5.75 Å². The fourth-order valence-corrected chi connectivity index (χ4v) is 2.61. The first-order valence-corrected chi connectivity index (χ1v) is 6.88. The molecule has 1 aromatic heterocycles. The van der Waals surface area contributed by atoms with E-state index in [0.717, 1.165) is 28.3 Å². The molecule has 0 saturated heterocycles. The summed E-state index contributed by atoms with van der Waals surface area (Å²) < 4.78 is 7.43. The lowest BCUT2D eigenvalue weighted by molar-refractivity contribution is 0.0697. The van der Waals surface area contributed by atoms with E-state index in [1.807, 2.05) is 36.6 Å². The van der Waals surface area contributed by atoms with Crippen LogP contribution in [0.3, 0.4) is 0 Å². The molecule has 0 aliphatic heterocycles. The Morgan fingerprint density at radius 1 is 1.18 bits per heavy atom. The lowest BCUT2D eigenvalue weighted by atomic mass is 10.1. The van der Waals surface area contributed by atoms with Crippen molar-refractivity contribution in [1.82, 2.24) is 9.55 Å². The second-order valence-electron chi connectivity index (χ2n) is 5.18. The molecule has 0 radical (unpaired) electrons. The van der Waals surface area contributed by atoms with Gasteiger partial charge in [0.1, 0.15) is 11.6 Å². The molecule has 0 saturated carbocycles. The highest BCUT2D eigenvalue weighted by Gasteiger charge is 2.15. The second-order valence-corrected chi connectivity index (χ2v) is 5.18. The summed E-state index contributed by atoms with van der Waals surface area (Å²) in [5.41, 5.74) is 3.74. The molecule has 0 amide bonds. The highest BCUT2D eigenvalue weighted by molar-refractivity contribution is 5.93. The molecule has 0 atom stereocenters. The van der Waals surface area contributed by atoms with Crippen molar-refractivity contribution >= 4 is 17.0 Å². The number of fused-ring (bicyclic) bond motifs is 1. The predicted octanol–water partition coefficient (Wildman–Crippen LogP) is 3.35. The molecule has 0 spiro atoms. The second kappa shape index (κ2) is 5.18. The third kappa shape index (κ3) is 2.20. The minimum Gasteiger partial charge on any atom is -0.495 e. The van der Waals surface area contributed by atoms with Gasteiger partial charge in [0, 0.05) is 0 Å². The summed E-state index contributed by atoms with van der Waals surface area (Å²) in [7, 11) is 1.63. The van der Waals surface area contributed by atoms with E-state index in [0.29, 0.717) is 5.52 Å². The number of methoxy groups -OCH3 is 1. The molecule has 2 aromatic carbocycles. The molecule has 0 fully saturated rings. The third-order valence-corrected chi connectivity index (χ3v) is 3.64. The summed E-state index contributed by atoms with van der Waals surface area (Å²) in [6, 6.07) is 10.9. The number of hydrogen-bond donors (Lipinski definition) is 1. The van der Waals surface area contributed by atoms with Crippen molar-refractivity contribution in [3.8, 4) is 11.4 Å². The molecule has 112 valence electrons. The zero-order valence-electron chi connectivity index (χ0n) is 12.6. The highest BCUT2D eigenvalue weighted by Crippen LogP contribution is 2.29. The predicted molar refractivity (Wildman–Crippen MR) is 84.1 cm³/mol. The molecule has 0 unspecified atom stereocenters. The Morgan fingerprint density at radius 3 is 2.64 bits per heavy atom. The Hall–Kier alpha value is -2.82. The SMILES string of the molecule is COc1ccc(C)cc1-n1c(C)nc2cc(C(=O)O)ccc21. The topological polar surface area (TPSA) is 64.4 Å². The number of aryl methyl sites for hydroxylation is 2. The van der Waals surface area contributed by atoms with Crippen LogP contribution in [0, 0.1) is 13.8 Å². The van der Waals surface area contributed by atoms with Crippen LogP contribution in [0.15, 0.2) is 36.4 Å². The molecule has 1 N–H and O–H groups in total. The van der Waals surface area contributed by atoms with E-state index in [9.17, 15) is 4.79 Å². The van der Waals surface area contributed by atoms with Crippen molar-refractivity contribution in [2.45, 2.75) is 13.8 Å². The molecule has 0 aliphatic rings. The van der Waals surface area contributed by atoms with Crippen molar-refractivity contribution in [2.75, 3.05) is 7.11 Å². The van der Waals surface area contributed by atoms with Crippen molar-refractivity contribution in [3.63, 3.8) is 0 Å². The van der Waals surface area contributed by atoms with Gasteiger partial charge in [-0.25, -0.2) is 9.78 Å². The molecule has 3 rings (SSSR count). The van der Waals surface area contributed by atoms with Gasteiger partial charge in [-0.15, -0.1) is 0 Å². The maximum absolute atomic E-state index is 11.1. The fraction of sp³-hybridized carbons (Fsp3) is 0.176. The third-order valence-electron chi connectivity index (χ3n) is 3.64. The molecule has 1 heterocycles. The maximum atomic E-state index is 11.1. The first kappa shape index (κ1) is 14.1. The molecule has 5 heteroatoms. The average molecular weight is 296 g/mol. The Bertz CT molecular complexity index is 881. The van der Waals surface area contributed by atoms with Crippen molar-refractivity contribution in [2.24, 2.45) is 0 Å². The smallest absolute Gasteiger partial charge is 0.335 e. The molecule has 22 heavy (non-hydrogen) atoms. The van der Waals surface area contributed by atoms with Gasteiger partial charge in [-0.3, -0.25) is 4.57 Å². The minimum absolute atomic E-state index is 0.230. The van der Waals surface area contributed by atoms with Crippen LogP contribution < -0.4 is 4.74 Å². The van der Waals surface area contributed by atoms with E-state index in [-0.39, 0.29) is 5.56 Å². The number of hydrogen-bond acceptors (Lipinski definition) is 3. The zero-order valence-corrected chi connectivity index (χ0v) is 12.6. The van der Waals surface area contributed by atoms with Gasteiger partial charge in [0.05, 0.1) is 29.4 Å². The lowest BCUT2D eigenvalue weighted by Gasteiger charge is -2.13. The van der Waals surface area contributed by atoms with Crippen molar-refractivity contribution in [3.05, 3.63) is 53.3 Å². The highest BCUT2D eigenvalue weighted by atomic mass is 16.5. The van der Waals surface area contributed by atoms with Gasteiger partial charge in [-0.1, -0.05) is 6.07 Å². The number of aromatic nitrogens is 2. The molecular weight excluding hydrogens is 280 g/mol. The van der Waals surface area contributed by atoms with Gasteiger partial charge in [-0.05, 0) is 49.7 Å². The average Bonchev–Trinajstić information content (AvgIpc) is 2.81. The van der Waals surface area contributed by atoms with Gasteiger partial charge in [0.15, 0.2) is 0 Å². The van der Waals surface area contributed by atoms with Crippen LogP contribution in [-0.4, -0.2) is 27.7 Å². The Kier molecular flexibility index (Phi) is 3.33. The normalized spacial score (nSPS) is 10.9. The van der Waals surface area contributed by atoms with Crippen LogP contribution in [0.4, 0.5) is 0 Å². The van der Waals surface area contributed by atoms with Crippen molar-refractivity contribution < 1.29 is 14.6 Å². The Labute approximate surface area is 127 Å². The largest absolute Gasteiger partial charge is 0.495 e. The lowest BCUT2D eigenvalue weighted by Crippen LogP contribution is -2.01. The maximum Gasteiger partial charge on any atom is 0.335 e. The van der Waals surface area contributed by atoms with Crippen LogP contribution in [0.2, 0.25) is 0 Å². The number of rotatable bonds is 3. The number of carbonyl (C=O) groups is 1. The number of nitrogens with zero attached hydrogens (tertiary/aromatic N) is 2. The van der Waals surface area contributed by atoms with E-state index < -0.39 is 5.97 Å². The van der Waals surface area contributed by atoms with E-state index in [4.69, 9.17) is 9.84 Å². The summed E-state index contributed by atoms with van der Waals surface area (Å²) in [5.74, 6) is 0.569. The summed E-state index contributed by atoms with van der Waals surface area (Å²) in [6.07, 6.45) is 0. The van der Waals surface area contributed by atoms with Crippen LogP contribution in [0.1, 0.15) is 21.7 Å². The van der Waals surface area contributed by atoms with Crippen molar-refractivity contribution in [1.29, 1.82) is 0 Å². The van der Waals surface area contributed by atoms with Gasteiger partial charge in [0.25, 0.3) is 0 Å². The standard InChI is InChI=1S/C17H16N2O3/c1-10-4-7-16(22-3)15(8-10)19-11(2)18-13-9-12(17(20)21)5-6-14(13)19/h4-9H,1-3H3,(H,20,21). The van der Waals surface area contributed by atoms with Gasteiger partial charge < -0.3 is 9.84 Å². The molecule has 3 aromatic rings. The number of aromatic carboxylic acids is 1. The summed E-state index contributed by atoms with van der Waals surface area (Å²) in [4.78, 5) is 15.6. The molecule has 0 aliphatic carbocycles. The zero-order chi connectivity index (χ0) is 15.9. The molecule has 0 bridgehead atoms. The first-order chi connectivity index (χ1) is 10.5. The number of imidazole rings is 1. The number of ether oxygens (including phenoxy) is 1. The molecular formula is C17H16N2O3. The van der Waals surface area contributed by atoms with E-state index in [1.54, 1.807) is 25.3 Å². The van der Waals surface area contributed by atoms with Gasteiger partial charge in [0.2, 0.25) is 0 Å².